The SMILES string of the molecule is Cc1ccc(S(=O)(=O)CCc2ccc(COC(C)(C)C)[nH]2)cc1. The van der Waals surface area contributed by atoms with Gasteiger partial charge in [0, 0.05) is 17.8 Å². The molecule has 0 aliphatic heterocycles. The molecule has 0 saturated heterocycles. The lowest BCUT2D eigenvalue weighted by Gasteiger charge is -2.18. The first-order chi connectivity index (χ1) is 10.7. The maximum absolute atomic E-state index is 12.3. The van der Waals surface area contributed by atoms with E-state index in [2.05, 4.69) is 4.98 Å². The fourth-order valence-electron chi connectivity index (χ4n) is 2.12. The van der Waals surface area contributed by atoms with E-state index in [0.717, 1.165) is 17.0 Å². The average Bonchev–Trinajstić information content (AvgIpc) is 2.91. The molecule has 0 aliphatic carbocycles. The molecule has 1 heterocycles. The van der Waals surface area contributed by atoms with E-state index < -0.39 is 9.84 Å². The monoisotopic (exact) mass is 335 g/mol. The number of nitrogens with one attached hydrogen (secondary N) is 1. The highest BCUT2D eigenvalue weighted by Gasteiger charge is 2.15. The van der Waals surface area contributed by atoms with Gasteiger partial charge in [0.2, 0.25) is 0 Å². The van der Waals surface area contributed by atoms with E-state index in [-0.39, 0.29) is 11.4 Å². The molecule has 0 radical (unpaired) electrons. The van der Waals surface area contributed by atoms with E-state index in [1.807, 2.05) is 52.0 Å². The van der Waals surface area contributed by atoms with Crippen molar-refractivity contribution >= 4 is 9.84 Å². The predicted molar refractivity (Wildman–Crippen MR) is 92.3 cm³/mol. The van der Waals surface area contributed by atoms with Crippen LogP contribution in [0.25, 0.3) is 0 Å². The number of aryl methyl sites for hydroxylation is 2. The molecule has 4 nitrogen and oxygen atoms in total. The van der Waals surface area contributed by atoms with Crippen molar-refractivity contribution in [3.63, 3.8) is 0 Å². The smallest absolute Gasteiger partial charge is 0.178 e. The second-order valence-electron chi connectivity index (χ2n) is 6.79. The average molecular weight is 335 g/mol. The van der Waals surface area contributed by atoms with Crippen LogP contribution in [-0.2, 0) is 27.6 Å². The lowest BCUT2D eigenvalue weighted by atomic mass is 10.2. The van der Waals surface area contributed by atoms with Gasteiger partial charge < -0.3 is 9.72 Å². The van der Waals surface area contributed by atoms with E-state index in [4.69, 9.17) is 4.74 Å². The second kappa shape index (κ2) is 6.89. The highest BCUT2D eigenvalue weighted by atomic mass is 32.2. The standard InChI is InChI=1S/C18H25NO3S/c1-14-5-9-17(10-6-14)23(20,21)12-11-15-7-8-16(19-15)13-22-18(2,3)4/h5-10,19H,11-13H2,1-4H3. The predicted octanol–water partition coefficient (Wildman–Crippen LogP) is 3.65. The van der Waals surface area contributed by atoms with E-state index in [1.54, 1.807) is 12.1 Å². The third-order valence-electron chi connectivity index (χ3n) is 3.49. The van der Waals surface area contributed by atoms with Crippen molar-refractivity contribution in [2.45, 2.75) is 51.2 Å². The molecular weight excluding hydrogens is 310 g/mol. The lowest BCUT2D eigenvalue weighted by Crippen LogP contribution is -2.18. The molecule has 1 N–H and O–H groups in total. The van der Waals surface area contributed by atoms with Gasteiger partial charge >= 0.3 is 0 Å². The van der Waals surface area contributed by atoms with E-state index in [0.29, 0.717) is 17.9 Å². The van der Waals surface area contributed by atoms with Crippen molar-refractivity contribution < 1.29 is 13.2 Å². The molecule has 2 aromatic rings. The zero-order chi connectivity index (χ0) is 17.1. The molecule has 0 spiro atoms. The number of ether oxygens (including phenoxy) is 1. The van der Waals surface area contributed by atoms with Crippen LogP contribution in [0.2, 0.25) is 0 Å². The molecule has 0 atom stereocenters. The van der Waals surface area contributed by atoms with Crippen LogP contribution < -0.4 is 0 Å². The Morgan fingerprint density at radius 1 is 1.00 bits per heavy atom. The molecule has 2 rings (SSSR count). The quantitative estimate of drug-likeness (QED) is 0.876. The normalized spacial score (nSPS) is 12.5. The first kappa shape index (κ1) is 17.8. The Kier molecular flexibility index (Phi) is 5.32. The molecule has 23 heavy (non-hydrogen) atoms. The maximum atomic E-state index is 12.3. The van der Waals surface area contributed by atoms with Crippen molar-refractivity contribution in [3.8, 4) is 0 Å². The van der Waals surface area contributed by atoms with Crippen molar-refractivity contribution in [2.24, 2.45) is 0 Å². The van der Waals surface area contributed by atoms with Crippen LogP contribution in [-0.4, -0.2) is 24.8 Å². The summed E-state index contributed by atoms with van der Waals surface area (Å²) in [6.07, 6.45) is 0.464. The molecule has 0 fully saturated rings. The van der Waals surface area contributed by atoms with E-state index in [9.17, 15) is 8.42 Å². The van der Waals surface area contributed by atoms with E-state index >= 15 is 0 Å². The van der Waals surface area contributed by atoms with Gasteiger partial charge in [-0.2, -0.15) is 0 Å². The molecule has 0 unspecified atom stereocenters. The lowest BCUT2D eigenvalue weighted by molar-refractivity contribution is -0.0163. The number of aromatic nitrogens is 1. The van der Waals surface area contributed by atoms with Crippen LogP contribution in [0.15, 0.2) is 41.3 Å². The van der Waals surface area contributed by atoms with Gasteiger partial charge in [0.25, 0.3) is 0 Å². The fraction of sp³-hybridized carbons (Fsp3) is 0.444. The number of sulfone groups is 1. The summed E-state index contributed by atoms with van der Waals surface area (Å²) in [7, 11) is -3.25. The minimum atomic E-state index is -3.25. The number of benzene rings is 1. The Morgan fingerprint density at radius 3 is 2.22 bits per heavy atom. The summed E-state index contributed by atoms with van der Waals surface area (Å²) in [4.78, 5) is 3.61. The number of hydrogen-bond donors (Lipinski definition) is 1. The highest BCUT2D eigenvalue weighted by molar-refractivity contribution is 7.91. The van der Waals surface area contributed by atoms with Gasteiger partial charge in [0.15, 0.2) is 9.84 Å². The van der Waals surface area contributed by atoms with Gasteiger partial charge in [-0.25, -0.2) is 8.42 Å². The summed E-state index contributed by atoms with van der Waals surface area (Å²) in [6.45, 7) is 8.45. The first-order valence-corrected chi connectivity index (χ1v) is 9.41. The molecule has 0 amide bonds. The van der Waals surface area contributed by atoms with Gasteiger partial charge in [-0.1, -0.05) is 17.7 Å². The van der Waals surface area contributed by atoms with Crippen LogP contribution in [0, 0.1) is 6.92 Å². The summed E-state index contributed by atoms with van der Waals surface area (Å²) in [5, 5.41) is 0. The van der Waals surface area contributed by atoms with Crippen LogP contribution in [0.4, 0.5) is 0 Å². The van der Waals surface area contributed by atoms with Crippen LogP contribution in [0.5, 0.6) is 0 Å². The molecule has 0 saturated carbocycles. The summed E-state index contributed by atoms with van der Waals surface area (Å²) in [5.41, 5.74) is 2.73. The number of H-pyrrole nitrogens is 1. The largest absolute Gasteiger partial charge is 0.370 e. The number of hydrogen-bond acceptors (Lipinski definition) is 3. The number of rotatable bonds is 6. The van der Waals surface area contributed by atoms with Crippen molar-refractivity contribution in [1.82, 2.24) is 4.98 Å². The van der Waals surface area contributed by atoms with Crippen LogP contribution in [0.1, 0.15) is 37.7 Å². The third-order valence-corrected chi connectivity index (χ3v) is 5.22. The minimum Gasteiger partial charge on any atom is -0.370 e. The zero-order valence-electron chi connectivity index (χ0n) is 14.2. The van der Waals surface area contributed by atoms with Gasteiger partial charge in [-0.15, -0.1) is 0 Å². The summed E-state index contributed by atoms with van der Waals surface area (Å²) in [5.74, 6) is 0.0934. The molecule has 1 aromatic carbocycles. The van der Waals surface area contributed by atoms with Gasteiger partial charge in [0.05, 0.1) is 22.9 Å². The molecule has 1 aromatic heterocycles. The Morgan fingerprint density at radius 2 is 1.61 bits per heavy atom. The van der Waals surface area contributed by atoms with Gasteiger partial charge in [0.1, 0.15) is 0 Å². The molecule has 5 heteroatoms. The van der Waals surface area contributed by atoms with Crippen molar-refractivity contribution in [3.05, 3.63) is 53.3 Å². The topological polar surface area (TPSA) is 59.2 Å². The van der Waals surface area contributed by atoms with Crippen LogP contribution in [0.3, 0.4) is 0 Å². The zero-order valence-corrected chi connectivity index (χ0v) is 15.0. The van der Waals surface area contributed by atoms with Gasteiger partial charge in [-0.05, 0) is 52.0 Å². The maximum Gasteiger partial charge on any atom is 0.178 e. The molecule has 126 valence electrons. The summed E-state index contributed by atoms with van der Waals surface area (Å²) >= 11 is 0. The molecule has 0 bridgehead atoms. The highest BCUT2D eigenvalue weighted by Crippen LogP contribution is 2.15. The summed E-state index contributed by atoms with van der Waals surface area (Å²) < 4.78 is 30.4. The fourth-order valence-corrected chi connectivity index (χ4v) is 3.40. The van der Waals surface area contributed by atoms with Gasteiger partial charge in [-0.3, -0.25) is 0 Å². The molecular formula is C18H25NO3S. The second-order valence-corrected chi connectivity index (χ2v) is 8.90. The Labute approximate surface area is 138 Å². The summed E-state index contributed by atoms with van der Waals surface area (Å²) in [6, 6.07) is 10.8. The van der Waals surface area contributed by atoms with E-state index in [1.165, 1.54) is 0 Å². The van der Waals surface area contributed by atoms with Crippen molar-refractivity contribution in [2.75, 3.05) is 5.75 Å². The number of aromatic amines is 1. The van der Waals surface area contributed by atoms with Crippen molar-refractivity contribution in [1.29, 1.82) is 0 Å². The Bertz CT molecular complexity index is 737. The first-order valence-electron chi connectivity index (χ1n) is 7.76. The van der Waals surface area contributed by atoms with Crippen LogP contribution >= 0.6 is 0 Å². The Hall–Kier alpha value is -1.59. The Balaban J connectivity index is 1.95. The third kappa shape index (κ3) is 5.52. The minimum absolute atomic E-state index is 0.0934. The molecule has 0 aliphatic rings.